The number of benzene rings is 4. The third kappa shape index (κ3) is 20.7. The molecule has 8 aliphatic heterocycles. The summed E-state index contributed by atoms with van der Waals surface area (Å²) in [5.41, 5.74) is 8.99. The van der Waals surface area contributed by atoms with Gasteiger partial charge in [-0.15, -0.1) is 0 Å². The zero-order valence-electron chi connectivity index (χ0n) is 68.5. The van der Waals surface area contributed by atoms with E-state index in [0.717, 1.165) is 199 Å². The second kappa shape index (κ2) is 38.8. The molecule has 0 spiro atoms. The fraction of sp³-hybridized carbons (Fsp3) is 0.545. The maximum atomic E-state index is 13.4. The summed E-state index contributed by atoms with van der Waals surface area (Å²) in [5, 5.41) is 29.3. The smallest absolute Gasteiger partial charge is 0.337 e. The zero-order valence-corrected chi connectivity index (χ0v) is 68.5. The molecule has 12 heterocycles. The summed E-state index contributed by atoms with van der Waals surface area (Å²) >= 11 is 0. The number of hydrogen-bond donors (Lipinski definition) is 4. The van der Waals surface area contributed by atoms with Crippen molar-refractivity contribution in [1.82, 2.24) is 80.0 Å². The van der Waals surface area contributed by atoms with Crippen molar-refractivity contribution >= 4 is 23.6 Å². The summed E-state index contributed by atoms with van der Waals surface area (Å²) in [6.07, 6.45) is -5.45. The molecule has 0 bridgehead atoms. The Labute approximate surface area is 691 Å². The number of carbonyl (C=O) groups excluding carboxylic acids is 4. The molecular weight excluding hydrogens is 1570 g/mol. The van der Waals surface area contributed by atoms with Crippen molar-refractivity contribution in [1.29, 1.82) is 0 Å². The van der Waals surface area contributed by atoms with Crippen LogP contribution in [-0.2, 0) is 76.7 Å². The molecule has 4 fully saturated rings. The molecule has 0 radical (unpaired) electrons. The van der Waals surface area contributed by atoms with E-state index in [1.807, 2.05) is 0 Å². The molecule has 8 aliphatic rings. The Morgan fingerprint density at radius 2 is 0.558 bits per heavy atom. The van der Waals surface area contributed by atoms with Crippen molar-refractivity contribution in [2.75, 3.05) is 98.2 Å². The van der Waals surface area contributed by atoms with Gasteiger partial charge in [-0.05, 0) is 199 Å². The molecule has 4 aromatic heterocycles. The van der Waals surface area contributed by atoms with E-state index in [9.17, 15) is 71.9 Å². The predicted molar refractivity (Wildman–Crippen MR) is 428 cm³/mol. The SMILES string of the molecule is CCCN1CCCc2[nH]nc(C(=O)N3CCC(c4ccccc4C(F)(F)F)CC3)c2C1.CCCN1CCc2[nH]nc(C(=O)N3CCC(c4ccccc4C(F)(F)F)CC3)c2C1.CCCN1CCc2c(C(=O)N3CCC(c4ccccc4C(F)(F)F)CC3)n[nH]c2C1.CCCN1Cc2[nH]nc(C(=O)N3CCC(c4ccccc4C(F)(F)F)CC3)c2C1. The van der Waals surface area contributed by atoms with Crippen LogP contribution in [0.2, 0.25) is 0 Å². The van der Waals surface area contributed by atoms with Crippen molar-refractivity contribution < 1.29 is 71.9 Å². The quantitative estimate of drug-likeness (QED) is 0.0666. The lowest BCUT2D eigenvalue weighted by Gasteiger charge is -2.33. The van der Waals surface area contributed by atoms with Gasteiger partial charge in [-0.2, -0.15) is 73.1 Å². The van der Waals surface area contributed by atoms with Crippen molar-refractivity contribution in [2.45, 2.75) is 212 Å². The standard InChI is InChI=1S/C23H29F3N4O.2C22H27F3N4O.C21H25F3N4O/c1-2-11-29-12-5-8-20-18(15-29)21(28-27-20)22(31)30-13-9-16(10-14-30)17-6-3-4-7-19(17)23(24,25)26;1-2-10-28-11-9-19-17(14-28)20(27-26-19)21(30)29-12-7-15(8-13-29)16-5-3-4-6-18(16)22(23,24)25;1-2-10-28-11-9-17-19(14-28)26-27-20(17)21(30)29-12-7-15(8-13-29)16-5-3-4-6-18(16)22(23,24)25;1-2-9-27-12-16-18(13-27)25-26-19(16)20(29)28-10-7-14(8-11-28)15-5-3-4-6-17(15)21(22,23)24/h3-4,6-7,16H,2,5,8-15H2,1H3,(H,27,28);2*3-6,15H,2,7-14H2,1H3,(H,26,27);3-6,14H,2,7-13H2,1H3,(H,25,26). The van der Waals surface area contributed by atoms with Gasteiger partial charge in [0, 0.05) is 138 Å². The van der Waals surface area contributed by atoms with Gasteiger partial charge in [0.15, 0.2) is 22.8 Å². The summed E-state index contributed by atoms with van der Waals surface area (Å²) in [4.78, 5) is 68.7. The highest BCUT2D eigenvalue weighted by Crippen LogP contribution is 2.45. The van der Waals surface area contributed by atoms with E-state index in [0.29, 0.717) is 149 Å². The number of carbonyl (C=O) groups is 4. The molecule has 32 heteroatoms. The summed E-state index contributed by atoms with van der Waals surface area (Å²) in [7, 11) is 0. The Bertz CT molecular complexity index is 4780. The summed E-state index contributed by atoms with van der Waals surface area (Å²) < 4.78 is 160. The first-order chi connectivity index (χ1) is 57.5. The largest absolute Gasteiger partial charge is 0.416 e. The summed E-state index contributed by atoms with van der Waals surface area (Å²) in [6, 6.07) is 23.1. The number of likely N-dealkylation sites (tertiary alicyclic amines) is 4. The Morgan fingerprint density at radius 1 is 0.308 bits per heavy atom. The third-order valence-corrected chi connectivity index (χ3v) is 24.9. The van der Waals surface area contributed by atoms with Crippen LogP contribution in [0.5, 0.6) is 0 Å². The first-order valence-electron chi connectivity index (χ1n) is 42.5. The van der Waals surface area contributed by atoms with E-state index in [4.69, 9.17) is 0 Å². The minimum atomic E-state index is -4.36. The average molecular weight is 1680 g/mol. The lowest BCUT2D eigenvalue weighted by atomic mass is 9.86. The third-order valence-electron chi connectivity index (χ3n) is 24.9. The topological polar surface area (TPSA) is 209 Å². The van der Waals surface area contributed by atoms with Crippen LogP contribution in [0.3, 0.4) is 0 Å². The van der Waals surface area contributed by atoms with E-state index in [-0.39, 0.29) is 47.3 Å². The van der Waals surface area contributed by atoms with Crippen LogP contribution in [0, 0.1) is 0 Å². The van der Waals surface area contributed by atoms with Crippen LogP contribution < -0.4 is 0 Å². The summed E-state index contributed by atoms with van der Waals surface area (Å²) in [5.74, 6) is -1.24. The monoisotopic (exact) mass is 1680 g/mol. The Kier molecular flexibility index (Phi) is 28.6. The number of piperidine rings is 4. The number of aromatic amines is 4. The molecule has 0 unspecified atom stereocenters. The van der Waals surface area contributed by atoms with E-state index in [2.05, 4.69) is 88.1 Å². The maximum absolute atomic E-state index is 13.4. The molecule has 20 nitrogen and oxygen atoms in total. The highest BCUT2D eigenvalue weighted by Gasteiger charge is 2.43. The number of H-pyrrole nitrogens is 4. The Hall–Kier alpha value is -9.40. The van der Waals surface area contributed by atoms with E-state index in [1.165, 1.54) is 24.3 Å². The number of nitrogens with one attached hydrogen (secondary N) is 4. The zero-order chi connectivity index (χ0) is 85.2. The maximum Gasteiger partial charge on any atom is 0.416 e. The van der Waals surface area contributed by atoms with Crippen molar-refractivity contribution in [3.05, 3.63) is 209 Å². The number of nitrogens with zero attached hydrogens (tertiary/aromatic N) is 12. The van der Waals surface area contributed by atoms with Gasteiger partial charge in [-0.3, -0.25) is 59.2 Å². The van der Waals surface area contributed by atoms with Gasteiger partial charge >= 0.3 is 24.7 Å². The molecular formula is C88H108F12N16O4. The molecule has 120 heavy (non-hydrogen) atoms. The number of rotatable bonds is 16. The highest BCUT2D eigenvalue weighted by atomic mass is 19.4. The van der Waals surface area contributed by atoms with Crippen LogP contribution in [0.15, 0.2) is 97.1 Å². The predicted octanol–water partition coefficient (Wildman–Crippen LogP) is 17.2. The van der Waals surface area contributed by atoms with Gasteiger partial charge in [-0.1, -0.05) is 100 Å². The Morgan fingerprint density at radius 3 is 0.892 bits per heavy atom. The highest BCUT2D eigenvalue weighted by molar-refractivity contribution is 5.96. The van der Waals surface area contributed by atoms with Gasteiger partial charge in [0.2, 0.25) is 0 Å². The van der Waals surface area contributed by atoms with E-state index < -0.39 is 47.0 Å². The van der Waals surface area contributed by atoms with Gasteiger partial charge in [0.25, 0.3) is 23.6 Å². The second-order valence-electron chi connectivity index (χ2n) is 32.9. The first-order valence-corrected chi connectivity index (χ1v) is 42.5. The van der Waals surface area contributed by atoms with Gasteiger partial charge in [-0.25, -0.2) is 0 Å². The van der Waals surface area contributed by atoms with E-state index >= 15 is 0 Å². The molecule has 648 valence electrons. The number of amides is 4. The van der Waals surface area contributed by atoms with E-state index in [1.54, 1.807) is 68.1 Å². The second-order valence-corrected chi connectivity index (χ2v) is 32.9. The molecule has 4 aromatic carbocycles. The van der Waals surface area contributed by atoms with Crippen LogP contribution in [0.25, 0.3) is 0 Å². The number of aromatic nitrogens is 8. The normalized spacial score (nSPS) is 18.5. The summed E-state index contributed by atoms with van der Waals surface area (Å²) in [6.45, 7) is 22.6. The molecule has 0 aliphatic carbocycles. The molecule has 4 amide bonds. The van der Waals surface area contributed by atoms with Crippen LogP contribution in [-0.4, -0.2) is 202 Å². The fourth-order valence-electron chi connectivity index (χ4n) is 18.8. The number of hydrogen-bond acceptors (Lipinski definition) is 12. The number of halogens is 12. The van der Waals surface area contributed by atoms with Crippen molar-refractivity contribution in [3.63, 3.8) is 0 Å². The van der Waals surface area contributed by atoms with Crippen LogP contribution >= 0.6 is 0 Å². The fourth-order valence-corrected chi connectivity index (χ4v) is 18.8. The molecule has 16 rings (SSSR count). The van der Waals surface area contributed by atoms with Crippen LogP contribution in [0.1, 0.15) is 266 Å². The van der Waals surface area contributed by atoms with Crippen molar-refractivity contribution in [2.24, 2.45) is 0 Å². The van der Waals surface area contributed by atoms with Gasteiger partial charge in [0.05, 0.1) is 33.6 Å². The lowest BCUT2D eigenvalue weighted by Crippen LogP contribution is -2.39. The molecule has 0 atom stereocenters. The van der Waals surface area contributed by atoms with Gasteiger partial charge < -0.3 is 19.6 Å². The van der Waals surface area contributed by atoms with Crippen molar-refractivity contribution in [3.8, 4) is 0 Å². The molecule has 4 saturated heterocycles. The minimum absolute atomic E-state index is 0.112. The number of fused-ring (bicyclic) bond motifs is 4. The molecule has 8 aromatic rings. The first kappa shape index (κ1) is 88.4. The van der Waals surface area contributed by atoms with Gasteiger partial charge in [0.1, 0.15) is 0 Å². The lowest BCUT2D eigenvalue weighted by molar-refractivity contribution is -0.139. The number of alkyl halides is 12. The molecule has 0 saturated carbocycles. The molecule has 4 N–H and O–H groups in total. The minimum Gasteiger partial charge on any atom is -0.337 e. The average Bonchev–Trinajstić information content (AvgIpc) is 1.82. The van der Waals surface area contributed by atoms with Crippen LogP contribution in [0.4, 0.5) is 52.7 Å². The Balaban J connectivity index is 0.000000138. The number of aryl methyl sites for hydroxylation is 1.